The first-order chi connectivity index (χ1) is 12.1. The van der Waals surface area contributed by atoms with Crippen LogP contribution >= 0.6 is 0 Å². The summed E-state index contributed by atoms with van der Waals surface area (Å²) >= 11 is 0. The third-order valence-electron chi connectivity index (χ3n) is 5.10. The molecule has 2 amide bonds. The molecule has 2 aromatic rings. The molecule has 3 heterocycles. The van der Waals surface area contributed by atoms with E-state index in [0.29, 0.717) is 12.5 Å². The number of aromatic nitrogens is 2. The summed E-state index contributed by atoms with van der Waals surface area (Å²) < 4.78 is 5.22. The van der Waals surface area contributed by atoms with Crippen molar-refractivity contribution in [3.63, 3.8) is 0 Å². The van der Waals surface area contributed by atoms with E-state index >= 15 is 0 Å². The highest BCUT2D eigenvalue weighted by Crippen LogP contribution is 2.27. The Labute approximate surface area is 148 Å². The predicted molar refractivity (Wildman–Crippen MR) is 95.6 cm³/mol. The lowest BCUT2D eigenvalue weighted by Gasteiger charge is -2.32. The van der Waals surface area contributed by atoms with Gasteiger partial charge in [0.15, 0.2) is 0 Å². The SMILES string of the molecule is Cc1noc(C)c1[C@H](C)CNC(=O)N1CCC(c2ccncc2)CC1. The van der Waals surface area contributed by atoms with Crippen molar-refractivity contribution < 1.29 is 9.32 Å². The number of likely N-dealkylation sites (tertiary alicyclic amines) is 1. The average molecular weight is 342 g/mol. The van der Waals surface area contributed by atoms with Gasteiger partial charge >= 0.3 is 6.03 Å². The van der Waals surface area contributed by atoms with Gasteiger partial charge in [0.05, 0.1) is 5.69 Å². The van der Waals surface area contributed by atoms with E-state index in [2.05, 4.69) is 34.5 Å². The van der Waals surface area contributed by atoms with Crippen LogP contribution in [-0.2, 0) is 0 Å². The number of pyridine rings is 1. The molecule has 1 atom stereocenters. The van der Waals surface area contributed by atoms with Crippen LogP contribution in [0.2, 0.25) is 0 Å². The zero-order valence-electron chi connectivity index (χ0n) is 15.2. The highest BCUT2D eigenvalue weighted by molar-refractivity contribution is 5.74. The Kier molecular flexibility index (Phi) is 5.36. The largest absolute Gasteiger partial charge is 0.361 e. The number of hydrogen-bond acceptors (Lipinski definition) is 4. The molecule has 0 spiro atoms. The maximum atomic E-state index is 12.5. The number of piperidine rings is 1. The van der Waals surface area contributed by atoms with Gasteiger partial charge in [0, 0.05) is 43.5 Å². The molecule has 0 radical (unpaired) electrons. The molecule has 6 heteroatoms. The lowest BCUT2D eigenvalue weighted by Crippen LogP contribution is -2.45. The molecule has 1 aliphatic rings. The van der Waals surface area contributed by atoms with Gasteiger partial charge in [-0.3, -0.25) is 4.98 Å². The molecule has 1 N–H and O–H groups in total. The first kappa shape index (κ1) is 17.5. The van der Waals surface area contributed by atoms with Crippen LogP contribution in [0.5, 0.6) is 0 Å². The second-order valence-corrected chi connectivity index (χ2v) is 6.87. The fraction of sp³-hybridized carbons (Fsp3) is 0.526. The van der Waals surface area contributed by atoms with E-state index in [1.807, 2.05) is 31.1 Å². The number of aryl methyl sites for hydroxylation is 2. The molecule has 0 bridgehead atoms. The van der Waals surface area contributed by atoms with Crippen molar-refractivity contribution in [1.29, 1.82) is 0 Å². The lowest BCUT2D eigenvalue weighted by molar-refractivity contribution is 0.181. The van der Waals surface area contributed by atoms with E-state index in [-0.39, 0.29) is 11.9 Å². The molecule has 0 unspecified atom stereocenters. The Hall–Kier alpha value is -2.37. The number of nitrogens with one attached hydrogen (secondary N) is 1. The Morgan fingerprint density at radius 2 is 2.00 bits per heavy atom. The molecule has 6 nitrogen and oxygen atoms in total. The van der Waals surface area contributed by atoms with Crippen LogP contribution in [0.4, 0.5) is 4.79 Å². The van der Waals surface area contributed by atoms with E-state index in [0.717, 1.165) is 42.9 Å². The second kappa shape index (κ2) is 7.68. The third-order valence-corrected chi connectivity index (χ3v) is 5.10. The van der Waals surface area contributed by atoms with Crippen molar-refractivity contribution in [1.82, 2.24) is 20.4 Å². The number of hydrogen-bond donors (Lipinski definition) is 1. The van der Waals surface area contributed by atoms with Crippen molar-refractivity contribution in [3.8, 4) is 0 Å². The minimum atomic E-state index is 0.0202. The summed E-state index contributed by atoms with van der Waals surface area (Å²) in [5, 5.41) is 7.05. The van der Waals surface area contributed by atoms with Crippen molar-refractivity contribution in [3.05, 3.63) is 47.1 Å². The highest BCUT2D eigenvalue weighted by atomic mass is 16.5. The summed E-state index contributed by atoms with van der Waals surface area (Å²) in [7, 11) is 0. The van der Waals surface area contributed by atoms with Crippen LogP contribution < -0.4 is 5.32 Å². The van der Waals surface area contributed by atoms with E-state index in [9.17, 15) is 4.79 Å². The van der Waals surface area contributed by atoms with Crippen LogP contribution in [0.25, 0.3) is 0 Å². The zero-order valence-corrected chi connectivity index (χ0v) is 15.2. The van der Waals surface area contributed by atoms with Gasteiger partial charge in [0.1, 0.15) is 5.76 Å². The molecule has 1 aliphatic heterocycles. The lowest BCUT2D eigenvalue weighted by atomic mass is 9.90. The summed E-state index contributed by atoms with van der Waals surface area (Å²) in [5.41, 5.74) is 3.32. The van der Waals surface area contributed by atoms with Crippen LogP contribution in [-0.4, -0.2) is 40.7 Å². The molecule has 0 saturated carbocycles. The number of rotatable bonds is 4. The van der Waals surface area contributed by atoms with E-state index < -0.39 is 0 Å². The first-order valence-corrected chi connectivity index (χ1v) is 8.91. The molecule has 25 heavy (non-hydrogen) atoms. The molecule has 2 aromatic heterocycles. The van der Waals surface area contributed by atoms with Gasteiger partial charge in [0.2, 0.25) is 0 Å². The highest BCUT2D eigenvalue weighted by Gasteiger charge is 2.24. The Balaban J connectivity index is 1.48. The molecule has 1 fully saturated rings. The molecule has 1 saturated heterocycles. The smallest absolute Gasteiger partial charge is 0.317 e. The van der Waals surface area contributed by atoms with E-state index in [4.69, 9.17) is 4.52 Å². The van der Waals surface area contributed by atoms with Gasteiger partial charge in [0.25, 0.3) is 0 Å². The Morgan fingerprint density at radius 1 is 1.32 bits per heavy atom. The van der Waals surface area contributed by atoms with Gasteiger partial charge in [-0.25, -0.2) is 4.79 Å². The molecular weight excluding hydrogens is 316 g/mol. The topological polar surface area (TPSA) is 71.3 Å². The standard InChI is InChI=1S/C19H26N4O2/c1-13(18-14(2)22-25-15(18)3)12-21-19(24)23-10-6-17(7-11-23)16-4-8-20-9-5-16/h4-5,8-9,13,17H,6-7,10-12H2,1-3H3,(H,21,24)/t13-/m1/s1. The Morgan fingerprint density at radius 3 is 2.60 bits per heavy atom. The predicted octanol–water partition coefficient (Wildman–Crippen LogP) is 3.38. The maximum absolute atomic E-state index is 12.5. The average Bonchev–Trinajstić information content (AvgIpc) is 2.99. The van der Waals surface area contributed by atoms with Crippen molar-refractivity contribution in [2.45, 2.75) is 45.4 Å². The van der Waals surface area contributed by atoms with Crippen LogP contribution in [0.3, 0.4) is 0 Å². The monoisotopic (exact) mass is 342 g/mol. The molecule has 3 rings (SSSR count). The summed E-state index contributed by atoms with van der Waals surface area (Å²) in [4.78, 5) is 18.4. The van der Waals surface area contributed by atoms with Gasteiger partial charge in [-0.15, -0.1) is 0 Å². The normalized spacial score (nSPS) is 16.7. The number of urea groups is 1. The first-order valence-electron chi connectivity index (χ1n) is 8.91. The number of nitrogens with zero attached hydrogens (tertiary/aromatic N) is 3. The number of carbonyl (C=O) groups excluding carboxylic acids is 1. The van der Waals surface area contributed by atoms with Gasteiger partial charge < -0.3 is 14.7 Å². The van der Waals surface area contributed by atoms with Crippen molar-refractivity contribution in [2.75, 3.05) is 19.6 Å². The maximum Gasteiger partial charge on any atom is 0.317 e. The Bertz CT molecular complexity index is 686. The summed E-state index contributed by atoms with van der Waals surface area (Å²) in [6.45, 7) is 8.11. The second-order valence-electron chi connectivity index (χ2n) is 6.87. The fourth-order valence-corrected chi connectivity index (χ4v) is 3.70. The number of carbonyl (C=O) groups is 1. The zero-order chi connectivity index (χ0) is 17.8. The van der Waals surface area contributed by atoms with Crippen molar-refractivity contribution in [2.24, 2.45) is 0 Å². The van der Waals surface area contributed by atoms with Gasteiger partial charge in [-0.2, -0.15) is 0 Å². The van der Waals surface area contributed by atoms with Gasteiger partial charge in [-0.1, -0.05) is 12.1 Å². The minimum absolute atomic E-state index is 0.0202. The number of amides is 2. The van der Waals surface area contributed by atoms with Crippen LogP contribution in [0.1, 0.15) is 54.2 Å². The van der Waals surface area contributed by atoms with Crippen molar-refractivity contribution >= 4 is 6.03 Å². The third kappa shape index (κ3) is 4.00. The van der Waals surface area contributed by atoms with Crippen LogP contribution in [0, 0.1) is 13.8 Å². The molecule has 134 valence electrons. The van der Waals surface area contributed by atoms with E-state index in [1.165, 1.54) is 5.56 Å². The van der Waals surface area contributed by atoms with E-state index in [1.54, 1.807) is 0 Å². The molecule has 0 aliphatic carbocycles. The minimum Gasteiger partial charge on any atom is -0.361 e. The molecule has 0 aromatic carbocycles. The summed E-state index contributed by atoms with van der Waals surface area (Å²) in [5.74, 6) is 1.54. The van der Waals surface area contributed by atoms with Crippen LogP contribution in [0.15, 0.2) is 29.0 Å². The quantitative estimate of drug-likeness (QED) is 0.924. The fourth-order valence-electron chi connectivity index (χ4n) is 3.70. The van der Waals surface area contributed by atoms with Gasteiger partial charge in [-0.05, 0) is 50.3 Å². The molecular formula is C19H26N4O2. The summed E-state index contributed by atoms with van der Waals surface area (Å²) in [6.07, 6.45) is 5.67. The summed E-state index contributed by atoms with van der Waals surface area (Å²) in [6, 6.07) is 4.17.